The molecule has 0 atom stereocenters. The Balaban J connectivity index is 2.36. The van der Waals surface area contributed by atoms with E-state index in [9.17, 15) is 4.39 Å². The van der Waals surface area contributed by atoms with E-state index in [2.05, 4.69) is 4.98 Å². The fraction of sp³-hybridized carbons (Fsp3) is 0.0714. The van der Waals surface area contributed by atoms with E-state index >= 15 is 0 Å². The second-order valence-corrected chi connectivity index (χ2v) is 4.76. The van der Waals surface area contributed by atoms with Crippen molar-refractivity contribution < 1.29 is 4.39 Å². The first kappa shape index (κ1) is 12.5. The summed E-state index contributed by atoms with van der Waals surface area (Å²) in [7, 11) is 0. The SMILES string of the molecule is Fc1cc2c(cc1Cl)nc(CCl)n2-c1ccccc1. The Morgan fingerprint density at radius 2 is 1.89 bits per heavy atom. The van der Waals surface area contributed by atoms with Crippen molar-refractivity contribution in [2.24, 2.45) is 0 Å². The summed E-state index contributed by atoms with van der Waals surface area (Å²) in [5, 5.41) is 0.0614. The minimum atomic E-state index is -0.465. The highest BCUT2D eigenvalue weighted by atomic mass is 35.5. The number of para-hydroxylation sites is 1. The standard InChI is InChI=1S/C14H9Cl2FN2/c15-8-14-18-12-6-10(16)11(17)7-13(12)19(14)9-4-2-1-3-5-9/h1-7H,8H2. The third-order valence-corrected chi connectivity index (χ3v) is 3.43. The highest BCUT2D eigenvalue weighted by molar-refractivity contribution is 6.31. The first-order valence-electron chi connectivity index (χ1n) is 5.68. The minimum Gasteiger partial charge on any atom is -0.295 e. The molecule has 19 heavy (non-hydrogen) atoms. The lowest BCUT2D eigenvalue weighted by atomic mass is 10.2. The number of fused-ring (bicyclic) bond motifs is 1. The normalized spacial score (nSPS) is 11.1. The molecule has 2 nitrogen and oxygen atoms in total. The molecular weight excluding hydrogens is 286 g/mol. The van der Waals surface area contributed by atoms with Crippen LogP contribution in [0.5, 0.6) is 0 Å². The van der Waals surface area contributed by atoms with Crippen LogP contribution >= 0.6 is 23.2 Å². The van der Waals surface area contributed by atoms with Crippen molar-refractivity contribution in [3.05, 3.63) is 59.1 Å². The topological polar surface area (TPSA) is 17.8 Å². The summed E-state index contributed by atoms with van der Waals surface area (Å²) in [4.78, 5) is 4.39. The fourth-order valence-corrected chi connectivity index (χ4v) is 2.41. The van der Waals surface area contributed by atoms with E-state index in [0.29, 0.717) is 16.9 Å². The molecule has 0 unspecified atom stereocenters. The minimum absolute atomic E-state index is 0.0614. The van der Waals surface area contributed by atoms with E-state index in [1.165, 1.54) is 12.1 Å². The van der Waals surface area contributed by atoms with Gasteiger partial charge in [-0.3, -0.25) is 4.57 Å². The number of aromatic nitrogens is 2. The summed E-state index contributed by atoms with van der Waals surface area (Å²) in [6.45, 7) is 0. The van der Waals surface area contributed by atoms with E-state index in [1.807, 2.05) is 34.9 Å². The molecule has 0 saturated carbocycles. The fourth-order valence-electron chi connectivity index (χ4n) is 2.08. The lowest BCUT2D eigenvalue weighted by Crippen LogP contribution is -1.98. The van der Waals surface area contributed by atoms with Gasteiger partial charge < -0.3 is 0 Å². The quantitative estimate of drug-likeness (QED) is 0.634. The summed E-state index contributed by atoms with van der Waals surface area (Å²) in [6, 6.07) is 12.5. The molecule has 0 fully saturated rings. The Bertz CT molecular complexity index is 738. The number of hydrogen-bond acceptors (Lipinski definition) is 1. The van der Waals surface area contributed by atoms with E-state index in [-0.39, 0.29) is 10.9 Å². The number of nitrogens with zero attached hydrogens (tertiary/aromatic N) is 2. The molecule has 0 saturated heterocycles. The molecule has 1 aromatic heterocycles. The molecule has 3 rings (SSSR count). The summed E-state index contributed by atoms with van der Waals surface area (Å²) >= 11 is 11.7. The van der Waals surface area contributed by atoms with Crippen molar-refractivity contribution in [2.45, 2.75) is 5.88 Å². The predicted molar refractivity (Wildman–Crippen MR) is 75.6 cm³/mol. The zero-order valence-corrected chi connectivity index (χ0v) is 11.3. The second kappa shape index (κ2) is 4.83. The van der Waals surface area contributed by atoms with Crippen LogP contribution in [0.4, 0.5) is 4.39 Å². The molecule has 0 bridgehead atoms. The van der Waals surface area contributed by atoms with Gasteiger partial charge in [-0.05, 0) is 18.2 Å². The van der Waals surface area contributed by atoms with Crippen LogP contribution in [0.1, 0.15) is 5.82 Å². The summed E-state index contributed by atoms with van der Waals surface area (Å²) in [5.41, 5.74) is 2.18. The Labute approximate surface area is 119 Å². The lowest BCUT2D eigenvalue weighted by molar-refractivity contribution is 0.629. The maximum absolute atomic E-state index is 13.7. The van der Waals surface area contributed by atoms with Gasteiger partial charge in [0, 0.05) is 11.8 Å². The third kappa shape index (κ3) is 2.09. The predicted octanol–water partition coefficient (Wildman–Crippen LogP) is 4.56. The molecule has 0 aliphatic heterocycles. The average molecular weight is 295 g/mol. The van der Waals surface area contributed by atoms with Crippen LogP contribution in [-0.4, -0.2) is 9.55 Å². The van der Waals surface area contributed by atoms with Crippen LogP contribution < -0.4 is 0 Å². The maximum Gasteiger partial charge on any atom is 0.144 e. The molecule has 0 aliphatic carbocycles. The van der Waals surface area contributed by atoms with Crippen molar-refractivity contribution in [1.29, 1.82) is 0 Å². The first-order valence-corrected chi connectivity index (χ1v) is 6.59. The first-order chi connectivity index (χ1) is 9.20. The van der Waals surface area contributed by atoms with Crippen molar-refractivity contribution in [2.75, 3.05) is 0 Å². The van der Waals surface area contributed by atoms with Crippen LogP contribution in [0.15, 0.2) is 42.5 Å². The summed E-state index contributed by atoms with van der Waals surface area (Å²) in [5.74, 6) is 0.430. The summed E-state index contributed by atoms with van der Waals surface area (Å²) < 4.78 is 15.5. The highest BCUT2D eigenvalue weighted by Crippen LogP contribution is 2.27. The highest BCUT2D eigenvalue weighted by Gasteiger charge is 2.14. The molecule has 1 heterocycles. The smallest absolute Gasteiger partial charge is 0.144 e. The number of alkyl halides is 1. The number of halogens is 3. The molecule has 0 aliphatic rings. The third-order valence-electron chi connectivity index (χ3n) is 2.90. The van der Waals surface area contributed by atoms with E-state index in [0.717, 1.165) is 5.69 Å². The zero-order valence-electron chi connectivity index (χ0n) is 9.78. The van der Waals surface area contributed by atoms with Gasteiger partial charge in [-0.15, -0.1) is 11.6 Å². The Kier molecular flexibility index (Phi) is 3.17. The van der Waals surface area contributed by atoms with Crippen LogP contribution in [0, 0.1) is 5.82 Å². The van der Waals surface area contributed by atoms with Gasteiger partial charge in [0.1, 0.15) is 11.6 Å². The largest absolute Gasteiger partial charge is 0.295 e. The number of hydrogen-bond donors (Lipinski definition) is 0. The molecule has 0 amide bonds. The van der Waals surface area contributed by atoms with Crippen LogP contribution in [0.3, 0.4) is 0 Å². The molecule has 0 spiro atoms. The van der Waals surface area contributed by atoms with Crippen LogP contribution in [0.25, 0.3) is 16.7 Å². The van der Waals surface area contributed by atoms with Gasteiger partial charge in [-0.2, -0.15) is 0 Å². The average Bonchev–Trinajstić information content (AvgIpc) is 2.78. The van der Waals surface area contributed by atoms with E-state index in [1.54, 1.807) is 0 Å². The number of imidazole rings is 1. The molecule has 3 aromatic rings. The molecule has 2 aromatic carbocycles. The Morgan fingerprint density at radius 3 is 2.58 bits per heavy atom. The van der Waals surface area contributed by atoms with Crippen molar-refractivity contribution in [1.82, 2.24) is 9.55 Å². The Morgan fingerprint density at radius 1 is 1.16 bits per heavy atom. The molecule has 5 heteroatoms. The van der Waals surface area contributed by atoms with Crippen LogP contribution in [-0.2, 0) is 5.88 Å². The lowest BCUT2D eigenvalue weighted by Gasteiger charge is -2.07. The van der Waals surface area contributed by atoms with Crippen molar-refractivity contribution >= 4 is 34.2 Å². The zero-order chi connectivity index (χ0) is 13.4. The van der Waals surface area contributed by atoms with Gasteiger partial charge in [0.05, 0.1) is 21.9 Å². The maximum atomic E-state index is 13.7. The van der Waals surface area contributed by atoms with E-state index in [4.69, 9.17) is 23.2 Å². The molecule has 0 radical (unpaired) electrons. The summed E-state index contributed by atoms with van der Waals surface area (Å²) in [6.07, 6.45) is 0. The van der Waals surface area contributed by atoms with Crippen LogP contribution in [0.2, 0.25) is 5.02 Å². The molecule has 96 valence electrons. The van der Waals surface area contributed by atoms with Crippen molar-refractivity contribution in [3.8, 4) is 5.69 Å². The van der Waals surface area contributed by atoms with Gasteiger partial charge in [0.25, 0.3) is 0 Å². The number of benzene rings is 2. The monoisotopic (exact) mass is 294 g/mol. The van der Waals surface area contributed by atoms with E-state index < -0.39 is 5.82 Å². The van der Waals surface area contributed by atoms with Gasteiger partial charge in [0.2, 0.25) is 0 Å². The van der Waals surface area contributed by atoms with Gasteiger partial charge in [0.15, 0.2) is 0 Å². The molecule has 0 N–H and O–H groups in total. The Hall–Kier alpha value is -1.58. The van der Waals surface area contributed by atoms with Gasteiger partial charge in [-0.1, -0.05) is 29.8 Å². The molecular formula is C14H9Cl2FN2. The van der Waals surface area contributed by atoms with Gasteiger partial charge >= 0.3 is 0 Å². The second-order valence-electron chi connectivity index (χ2n) is 4.09. The van der Waals surface area contributed by atoms with Gasteiger partial charge in [-0.25, -0.2) is 9.37 Å². The number of rotatable bonds is 2. The van der Waals surface area contributed by atoms with Crippen molar-refractivity contribution in [3.63, 3.8) is 0 Å².